The monoisotopic (exact) mass is 338 g/mol. The molecular weight excluding hydrogens is 325 g/mol. The van der Waals surface area contributed by atoms with Crippen LogP contribution in [0.4, 0.5) is 13.2 Å². The summed E-state index contributed by atoms with van der Waals surface area (Å²) in [5, 5.41) is 0. The molecule has 0 spiro atoms. The van der Waals surface area contributed by atoms with E-state index in [-0.39, 0.29) is 24.0 Å². The van der Waals surface area contributed by atoms with Crippen molar-refractivity contribution < 1.29 is 21.6 Å². The summed E-state index contributed by atoms with van der Waals surface area (Å²) in [4.78, 5) is -1.03. The standard InChI is InChI=1S/C12H13F3N2O2S2/c13-7-5-9(14)12(10(15)6-7)21(18,19)17(8-1-2-8)4-3-11(16)20/h5-6,8H,1-4H2,(H2,16,20). The van der Waals surface area contributed by atoms with Crippen LogP contribution in [0.1, 0.15) is 19.3 Å². The maximum Gasteiger partial charge on any atom is 0.249 e. The molecule has 1 fully saturated rings. The van der Waals surface area contributed by atoms with Gasteiger partial charge in [-0.1, -0.05) is 12.2 Å². The molecule has 2 N–H and O–H groups in total. The summed E-state index contributed by atoms with van der Waals surface area (Å²) in [6.45, 7) is -0.0570. The van der Waals surface area contributed by atoms with E-state index in [4.69, 9.17) is 5.73 Å². The lowest BCUT2D eigenvalue weighted by Crippen LogP contribution is -2.36. The van der Waals surface area contributed by atoms with E-state index < -0.39 is 32.4 Å². The first-order valence-corrected chi connectivity index (χ1v) is 8.03. The summed E-state index contributed by atoms with van der Waals surface area (Å²) in [5.41, 5.74) is 5.34. The zero-order valence-corrected chi connectivity index (χ0v) is 12.5. The predicted molar refractivity (Wildman–Crippen MR) is 74.6 cm³/mol. The van der Waals surface area contributed by atoms with Gasteiger partial charge in [0, 0.05) is 31.1 Å². The van der Waals surface area contributed by atoms with Crippen LogP contribution in [0.3, 0.4) is 0 Å². The van der Waals surface area contributed by atoms with Crippen LogP contribution in [-0.4, -0.2) is 30.3 Å². The molecule has 0 aromatic heterocycles. The second-order valence-electron chi connectivity index (χ2n) is 4.76. The Balaban J connectivity index is 2.41. The Labute approximate surface area is 125 Å². The summed E-state index contributed by atoms with van der Waals surface area (Å²) in [7, 11) is -4.41. The van der Waals surface area contributed by atoms with Gasteiger partial charge in [-0.15, -0.1) is 0 Å². The maximum absolute atomic E-state index is 13.7. The Hall–Kier alpha value is -1.19. The van der Waals surface area contributed by atoms with Gasteiger partial charge in [-0.05, 0) is 12.8 Å². The minimum atomic E-state index is -4.41. The number of nitrogens with two attached hydrogens (primary N) is 1. The highest BCUT2D eigenvalue weighted by atomic mass is 32.2. The van der Waals surface area contributed by atoms with Gasteiger partial charge in [0.15, 0.2) is 4.90 Å². The molecule has 0 aliphatic heterocycles. The highest BCUT2D eigenvalue weighted by molar-refractivity contribution is 7.89. The number of hydrogen-bond acceptors (Lipinski definition) is 3. The van der Waals surface area contributed by atoms with Gasteiger partial charge < -0.3 is 5.73 Å². The molecule has 0 heterocycles. The van der Waals surface area contributed by atoms with Crippen LogP contribution in [-0.2, 0) is 10.0 Å². The highest BCUT2D eigenvalue weighted by Crippen LogP contribution is 2.34. The number of hydrogen-bond donors (Lipinski definition) is 1. The fraction of sp³-hybridized carbons (Fsp3) is 0.417. The average molecular weight is 338 g/mol. The highest BCUT2D eigenvalue weighted by Gasteiger charge is 2.40. The lowest BCUT2D eigenvalue weighted by Gasteiger charge is -2.22. The van der Waals surface area contributed by atoms with Crippen molar-refractivity contribution in [3.63, 3.8) is 0 Å². The number of rotatable bonds is 6. The van der Waals surface area contributed by atoms with Gasteiger partial charge in [0.25, 0.3) is 0 Å². The number of thiocarbonyl (C=S) groups is 1. The van der Waals surface area contributed by atoms with Gasteiger partial charge in [-0.25, -0.2) is 21.6 Å². The second-order valence-corrected chi connectivity index (χ2v) is 7.11. The average Bonchev–Trinajstić information content (AvgIpc) is 3.10. The molecule has 1 aliphatic rings. The molecule has 1 aliphatic carbocycles. The molecule has 116 valence electrons. The molecule has 2 rings (SSSR count). The van der Waals surface area contributed by atoms with Crippen molar-refractivity contribution in [2.45, 2.75) is 30.2 Å². The Morgan fingerprint density at radius 2 is 1.81 bits per heavy atom. The number of benzene rings is 1. The van der Waals surface area contributed by atoms with Gasteiger partial charge in [0.05, 0.1) is 4.99 Å². The third-order valence-corrected chi connectivity index (χ3v) is 5.27. The van der Waals surface area contributed by atoms with E-state index in [1.807, 2.05) is 0 Å². The SMILES string of the molecule is NC(=S)CCN(C1CC1)S(=O)(=O)c1c(F)cc(F)cc1F. The van der Waals surface area contributed by atoms with Crippen LogP contribution >= 0.6 is 12.2 Å². The topological polar surface area (TPSA) is 63.4 Å². The Kier molecular flexibility index (Phi) is 4.54. The number of halogens is 3. The lowest BCUT2D eigenvalue weighted by molar-refractivity contribution is 0.402. The first-order chi connectivity index (χ1) is 9.73. The Morgan fingerprint density at radius 3 is 2.24 bits per heavy atom. The molecule has 0 unspecified atom stereocenters. The zero-order valence-electron chi connectivity index (χ0n) is 10.9. The van der Waals surface area contributed by atoms with Crippen molar-refractivity contribution in [1.29, 1.82) is 0 Å². The molecular formula is C12H13F3N2O2S2. The number of nitrogens with zero attached hydrogens (tertiary/aromatic N) is 1. The van der Waals surface area contributed by atoms with Crippen molar-refractivity contribution in [2.75, 3.05) is 6.54 Å². The van der Waals surface area contributed by atoms with E-state index in [9.17, 15) is 21.6 Å². The molecule has 4 nitrogen and oxygen atoms in total. The molecule has 1 aromatic rings. The van der Waals surface area contributed by atoms with Crippen LogP contribution < -0.4 is 5.73 Å². The van der Waals surface area contributed by atoms with Crippen molar-refractivity contribution in [3.8, 4) is 0 Å². The van der Waals surface area contributed by atoms with Gasteiger partial charge in [-0.3, -0.25) is 0 Å². The molecule has 21 heavy (non-hydrogen) atoms. The molecule has 0 radical (unpaired) electrons. The van der Waals surface area contributed by atoms with Crippen LogP contribution in [0.15, 0.2) is 17.0 Å². The predicted octanol–water partition coefficient (Wildman–Crippen LogP) is 1.93. The van der Waals surface area contributed by atoms with Crippen LogP contribution in [0.25, 0.3) is 0 Å². The Bertz CT molecular complexity index is 652. The van der Waals surface area contributed by atoms with E-state index in [1.54, 1.807) is 0 Å². The first kappa shape index (κ1) is 16.2. The van der Waals surface area contributed by atoms with E-state index >= 15 is 0 Å². The second kappa shape index (κ2) is 5.90. The molecule has 1 aromatic carbocycles. The van der Waals surface area contributed by atoms with Gasteiger partial charge in [0.1, 0.15) is 17.5 Å². The van der Waals surface area contributed by atoms with Crippen LogP contribution in [0, 0.1) is 17.5 Å². The van der Waals surface area contributed by atoms with Crippen LogP contribution in [0.2, 0.25) is 0 Å². The third kappa shape index (κ3) is 3.53. The summed E-state index contributed by atoms with van der Waals surface area (Å²) in [5.74, 6) is -4.08. The summed E-state index contributed by atoms with van der Waals surface area (Å²) >= 11 is 4.69. The molecule has 0 atom stereocenters. The molecule has 0 saturated heterocycles. The quantitative estimate of drug-likeness (QED) is 0.805. The van der Waals surface area contributed by atoms with Crippen molar-refractivity contribution in [1.82, 2.24) is 4.31 Å². The zero-order chi connectivity index (χ0) is 15.8. The minimum absolute atomic E-state index is 0.0570. The summed E-state index contributed by atoms with van der Waals surface area (Å²) in [6, 6.07) is 0.358. The smallest absolute Gasteiger partial charge is 0.249 e. The molecule has 1 saturated carbocycles. The third-order valence-electron chi connectivity index (χ3n) is 3.06. The summed E-state index contributed by atoms with van der Waals surface area (Å²) in [6.07, 6.45) is 1.30. The van der Waals surface area contributed by atoms with Gasteiger partial charge in [-0.2, -0.15) is 4.31 Å². The summed E-state index contributed by atoms with van der Waals surface area (Å²) < 4.78 is 66.1. The van der Waals surface area contributed by atoms with Crippen molar-refractivity contribution in [2.24, 2.45) is 5.73 Å². The lowest BCUT2D eigenvalue weighted by atomic mass is 10.3. The van der Waals surface area contributed by atoms with Gasteiger partial charge in [0.2, 0.25) is 10.0 Å². The molecule has 0 bridgehead atoms. The van der Waals surface area contributed by atoms with Crippen LogP contribution in [0.5, 0.6) is 0 Å². The van der Waals surface area contributed by atoms with E-state index in [1.165, 1.54) is 0 Å². The molecule has 0 amide bonds. The maximum atomic E-state index is 13.7. The van der Waals surface area contributed by atoms with E-state index in [0.29, 0.717) is 25.0 Å². The normalized spacial score (nSPS) is 15.4. The first-order valence-electron chi connectivity index (χ1n) is 6.18. The molecule has 9 heteroatoms. The fourth-order valence-corrected chi connectivity index (χ4v) is 3.85. The number of sulfonamides is 1. The largest absolute Gasteiger partial charge is 0.393 e. The van der Waals surface area contributed by atoms with Crippen molar-refractivity contribution >= 4 is 27.2 Å². The van der Waals surface area contributed by atoms with E-state index in [0.717, 1.165) is 4.31 Å². The minimum Gasteiger partial charge on any atom is -0.393 e. The van der Waals surface area contributed by atoms with E-state index in [2.05, 4.69) is 12.2 Å². The Morgan fingerprint density at radius 1 is 1.29 bits per heavy atom. The van der Waals surface area contributed by atoms with Crippen molar-refractivity contribution in [3.05, 3.63) is 29.6 Å². The van der Waals surface area contributed by atoms with Gasteiger partial charge >= 0.3 is 0 Å². The fourth-order valence-electron chi connectivity index (χ4n) is 1.97.